The normalized spacial score (nSPS) is 10.6. The predicted octanol–water partition coefficient (Wildman–Crippen LogP) is 4.21. The van der Waals surface area contributed by atoms with Gasteiger partial charge in [0, 0.05) is 23.3 Å². The summed E-state index contributed by atoms with van der Waals surface area (Å²) in [6, 6.07) is 16.9. The van der Waals surface area contributed by atoms with Gasteiger partial charge in [0.05, 0.1) is 0 Å². The maximum absolute atomic E-state index is 4.32. The van der Waals surface area contributed by atoms with Crippen molar-refractivity contribution in [3.8, 4) is 11.1 Å². The first-order chi connectivity index (χ1) is 8.34. The second-order valence-electron chi connectivity index (χ2n) is 4.28. The molecule has 0 fully saturated rings. The summed E-state index contributed by atoms with van der Waals surface area (Å²) in [6.07, 6.45) is 3.85. The molecule has 1 heteroatoms. The zero-order valence-corrected chi connectivity index (χ0v) is 9.72. The standard InChI is InChI=1S/C16H13N/c1-12-5-4-7-13(9-12)16-11-17-10-14-6-2-3-8-15(14)16/h2-11H,1H3. The van der Waals surface area contributed by atoms with E-state index >= 15 is 0 Å². The Morgan fingerprint density at radius 1 is 0.882 bits per heavy atom. The highest BCUT2D eigenvalue weighted by molar-refractivity contribution is 5.95. The summed E-state index contributed by atoms with van der Waals surface area (Å²) in [4.78, 5) is 4.32. The molecule has 1 nitrogen and oxygen atoms in total. The topological polar surface area (TPSA) is 12.9 Å². The Morgan fingerprint density at radius 3 is 2.65 bits per heavy atom. The van der Waals surface area contributed by atoms with E-state index in [0.29, 0.717) is 0 Å². The van der Waals surface area contributed by atoms with Gasteiger partial charge in [0.1, 0.15) is 0 Å². The molecule has 0 radical (unpaired) electrons. The van der Waals surface area contributed by atoms with E-state index in [4.69, 9.17) is 0 Å². The van der Waals surface area contributed by atoms with Crippen LogP contribution in [0.2, 0.25) is 0 Å². The van der Waals surface area contributed by atoms with E-state index in [0.717, 1.165) is 0 Å². The van der Waals surface area contributed by atoms with Crippen molar-refractivity contribution >= 4 is 10.8 Å². The summed E-state index contributed by atoms with van der Waals surface area (Å²) < 4.78 is 0. The maximum Gasteiger partial charge on any atom is 0.0352 e. The number of aromatic nitrogens is 1. The highest BCUT2D eigenvalue weighted by Crippen LogP contribution is 2.27. The number of fused-ring (bicyclic) bond motifs is 1. The van der Waals surface area contributed by atoms with Crippen LogP contribution in [0.4, 0.5) is 0 Å². The largest absolute Gasteiger partial charge is 0.263 e. The number of hydrogen-bond acceptors (Lipinski definition) is 1. The second kappa shape index (κ2) is 4.02. The molecule has 0 amide bonds. The molecule has 0 spiro atoms. The average Bonchev–Trinajstić information content (AvgIpc) is 2.38. The van der Waals surface area contributed by atoms with E-state index in [1.807, 2.05) is 18.5 Å². The average molecular weight is 219 g/mol. The van der Waals surface area contributed by atoms with Crippen molar-refractivity contribution in [1.82, 2.24) is 4.98 Å². The van der Waals surface area contributed by atoms with Crippen molar-refractivity contribution in [1.29, 1.82) is 0 Å². The summed E-state index contributed by atoms with van der Waals surface area (Å²) in [5.41, 5.74) is 3.71. The summed E-state index contributed by atoms with van der Waals surface area (Å²) in [5.74, 6) is 0. The van der Waals surface area contributed by atoms with Crippen LogP contribution in [0, 0.1) is 6.92 Å². The van der Waals surface area contributed by atoms with Gasteiger partial charge in [0.25, 0.3) is 0 Å². The number of benzene rings is 2. The van der Waals surface area contributed by atoms with Crippen LogP contribution in [0.15, 0.2) is 60.9 Å². The quantitative estimate of drug-likeness (QED) is 0.597. The molecule has 1 aromatic heterocycles. The lowest BCUT2D eigenvalue weighted by atomic mass is 10.00. The Bertz CT molecular complexity index is 666. The third-order valence-electron chi connectivity index (χ3n) is 3.00. The van der Waals surface area contributed by atoms with Crippen molar-refractivity contribution in [2.45, 2.75) is 6.92 Å². The summed E-state index contributed by atoms with van der Waals surface area (Å²) in [5, 5.41) is 2.44. The first-order valence-electron chi connectivity index (χ1n) is 5.74. The Balaban J connectivity index is 2.30. The molecule has 1 heterocycles. The Morgan fingerprint density at radius 2 is 1.76 bits per heavy atom. The molecule has 0 saturated carbocycles. The predicted molar refractivity (Wildman–Crippen MR) is 71.9 cm³/mol. The zero-order chi connectivity index (χ0) is 11.7. The van der Waals surface area contributed by atoms with Crippen LogP contribution in [0.5, 0.6) is 0 Å². The maximum atomic E-state index is 4.32. The summed E-state index contributed by atoms with van der Waals surface area (Å²) >= 11 is 0. The number of hydrogen-bond donors (Lipinski definition) is 0. The SMILES string of the molecule is Cc1cccc(-c2cncc3ccccc23)c1. The van der Waals surface area contributed by atoms with Crippen LogP contribution < -0.4 is 0 Å². The van der Waals surface area contributed by atoms with Crippen molar-refractivity contribution in [2.24, 2.45) is 0 Å². The molecule has 0 saturated heterocycles. The molecule has 0 aliphatic heterocycles. The minimum absolute atomic E-state index is 1.19. The number of rotatable bonds is 1. The van der Waals surface area contributed by atoms with Gasteiger partial charge in [-0.25, -0.2) is 0 Å². The molecule has 0 atom stereocenters. The summed E-state index contributed by atoms with van der Waals surface area (Å²) in [6.45, 7) is 2.11. The van der Waals surface area contributed by atoms with Gasteiger partial charge in [-0.2, -0.15) is 0 Å². The molecule has 0 unspecified atom stereocenters. The highest BCUT2D eigenvalue weighted by atomic mass is 14.6. The van der Waals surface area contributed by atoms with E-state index in [2.05, 4.69) is 54.4 Å². The van der Waals surface area contributed by atoms with Gasteiger partial charge in [-0.05, 0) is 17.9 Å². The lowest BCUT2D eigenvalue weighted by Crippen LogP contribution is -1.84. The van der Waals surface area contributed by atoms with Crippen molar-refractivity contribution in [3.05, 3.63) is 66.5 Å². The van der Waals surface area contributed by atoms with Crippen LogP contribution in [0.1, 0.15) is 5.56 Å². The van der Waals surface area contributed by atoms with Crippen LogP contribution >= 0.6 is 0 Å². The number of nitrogens with zero attached hydrogens (tertiary/aromatic N) is 1. The van der Waals surface area contributed by atoms with Gasteiger partial charge in [0.2, 0.25) is 0 Å². The van der Waals surface area contributed by atoms with Crippen molar-refractivity contribution < 1.29 is 0 Å². The highest BCUT2D eigenvalue weighted by Gasteiger charge is 2.03. The van der Waals surface area contributed by atoms with E-state index in [1.165, 1.54) is 27.5 Å². The smallest absolute Gasteiger partial charge is 0.0352 e. The molecule has 82 valence electrons. The van der Waals surface area contributed by atoms with Gasteiger partial charge in [-0.15, -0.1) is 0 Å². The first-order valence-corrected chi connectivity index (χ1v) is 5.74. The number of pyridine rings is 1. The molecule has 3 rings (SSSR count). The van der Waals surface area contributed by atoms with Gasteiger partial charge < -0.3 is 0 Å². The Hall–Kier alpha value is -2.15. The minimum atomic E-state index is 1.19. The van der Waals surface area contributed by atoms with Gasteiger partial charge in [0.15, 0.2) is 0 Å². The molecule has 17 heavy (non-hydrogen) atoms. The Labute approximate surface area is 101 Å². The lowest BCUT2D eigenvalue weighted by molar-refractivity contribution is 1.36. The fourth-order valence-corrected chi connectivity index (χ4v) is 2.16. The minimum Gasteiger partial charge on any atom is -0.263 e. The van der Waals surface area contributed by atoms with Crippen molar-refractivity contribution in [2.75, 3.05) is 0 Å². The third-order valence-corrected chi connectivity index (χ3v) is 3.00. The zero-order valence-electron chi connectivity index (χ0n) is 9.72. The molecule has 2 aromatic carbocycles. The van der Waals surface area contributed by atoms with Crippen LogP contribution in [-0.4, -0.2) is 4.98 Å². The van der Waals surface area contributed by atoms with Gasteiger partial charge >= 0.3 is 0 Å². The van der Waals surface area contributed by atoms with E-state index < -0.39 is 0 Å². The van der Waals surface area contributed by atoms with Crippen LogP contribution in [0.25, 0.3) is 21.9 Å². The van der Waals surface area contributed by atoms with Gasteiger partial charge in [-0.1, -0.05) is 54.1 Å². The molecule has 0 aliphatic carbocycles. The second-order valence-corrected chi connectivity index (χ2v) is 4.28. The molecular formula is C16H13N. The third kappa shape index (κ3) is 1.80. The van der Waals surface area contributed by atoms with E-state index in [9.17, 15) is 0 Å². The fraction of sp³-hybridized carbons (Fsp3) is 0.0625. The molecule has 0 aliphatic rings. The fourth-order valence-electron chi connectivity index (χ4n) is 2.16. The molecular weight excluding hydrogens is 206 g/mol. The lowest BCUT2D eigenvalue weighted by Gasteiger charge is -2.06. The summed E-state index contributed by atoms with van der Waals surface area (Å²) in [7, 11) is 0. The molecule has 0 N–H and O–H groups in total. The van der Waals surface area contributed by atoms with Crippen LogP contribution in [0.3, 0.4) is 0 Å². The van der Waals surface area contributed by atoms with E-state index in [1.54, 1.807) is 0 Å². The van der Waals surface area contributed by atoms with Gasteiger partial charge in [-0.3, -0.25) is 4.98 Å². The van der Waals surface area contributed by atoms with E-state index in [-0.39, 0.29) is 0 Å². The monoisotopic (exact) mass is 219 g/mol. The number of aryl methyl sites for hydroxylation is 1. The molecule has 3 aromatic rings. The van der Waals surface area contributed by atoms with Crippen molar-refractivity contribution in [3.63, 3.8) is 0 Å². The van der Waals surface area contributed by atoms with Crippen LogP contribution in [-0.2, 0) is 0 Å². The first kappa shape index (κ1) is 10.0. The Kier molecular flexibility index (Phi) is 2.37. The molecule has 0 bridgehead atoms.